The van der Waals surface area contributed by atoms with Gasteiger partial charge in [0.05, 0.1) is 21.7 Å². The van der Waals surface area contributed by atoms with Crippen molar-refractivity contribution in [3.8, 4) is 11.4 Å². The minimum Gasteiger partial charge on any atom is -0.307 e. The van der Waals surface area contributed by atoms with Gasteiger partial charge in [-0.1, -0.05) is 86.0 Å². The SMILES string of the molecule is C=c1/c(=c2\c(=C)c3ccccc3n2-c2ccccc2)n(-c2ccccc2)c2ccccc12. The molecule has 2 heteroatoms. The Morgan fingerprint density at radius 3 is 1.16 bits per heavy atom. The van der Waals surface area contributed by atoms with Crippen molar-refractivity contribution >= 4 is 35.0 Å². The van der Waals surface area contributed by atoms with Crippen molar-refractivity contribution in [3.05, 3.63) is 130 Å². The lowest BCUT2D eigenvalue weighted by Gasteiger charge is -2.09. The van der Waals surface area contributed by atoms with Crippen LogP contribution in [0.25, 0.3) is 46.3 Å². The fraction of sp³-hybridized carbons (Fsp3) is 0. The van der Waals surface area contributed by atoms with Gasteiger partial charge >= 0.3 is 0 Å². The van der Waals surface area contributed by atoms with Crippen LogP contribution < -0.4 is 10.4 Å². The average molecular weight is 411 g/mol. The van der Waals surface area contributed by atoms with Gasteiger partial charge < -0.3 is 9.13 Å². The predicted molar refractivity (Wildman–Crippen MR) is 135 cm³/mol. The van der Waals surface area contributed by atoms with Gasteiger partial charge in [-0.15, -0.1) is 0 Å². The first-order chi connectivity index (χ1) is 15.8. The van der Waals surface area contributed by atoms with E-state index in [1.165, 1.54) is 0 Å². The Morgan fingerprint density at radius 1 is 0.406 bits per heavy atom. The molecule has 0 saturated carbocycles. The summed E-state index contributed by atoms with van der Waals surface area (Å²) in [5.74, 6) is 0. The number of benzene rings is 4. The molecule has 0 N–H and O–H groups in total. The average Bonchev–Trinajstić information content (AvgIpc) is 3.31. The van der Waals surface area contributed by atoms with Crippen molar-refractivity contribution in [2.45, 2.75) is 0 Å². The molecule has 6 rings (SSSR count). The Kier molecular flexibility index (Phi) is 4.12. The highest BCUT2D eigenvalue weighted by Crippen LogP contribution is 2.22. The van der Waals surface area contributed by atoms with E-state index in [0.717, 1.165) is 54.3 Å². The fourth-order valence-corrected chi connectivity index (χ4v) is 4.80. The van der Waals surface area contributed by atoms with Crippen LogP contribution in [-0.4, -0.2) is 9.13 Å². The first-order valence-electron chi connectivity index (χ1n) is 10.8. The minimum absolute atomic E-state index is 1.01. The van der Waals surface area contributed by atoms with Gasteiger partial charge in [0.2, 0.25) is 0 Å². The Hall–Kier alpha value is -4.30. The van der Waals surface area contributed by atoms with E-state index >= 15 is 0 Å². The molecule has 0 spiro atoms. The van der Waals surface area contributed by atoms with Gasteiger partial charge in [0.25, 0.3) is 0 Å². The Morgan fingerprint density at radius 2 is 0.750 bits per heavy atom. The quantitative estimate of drug-likeness (QED) is 0.347. The van der Waals surface area contributed by atoms with Crippen LogP contribution in [0.4, 0.5) is 0 Å². The van der Waals surface area contributed by atoms with E-state index in [9.17, 15) is 0 Å². The first kappa shape index (κ1) is 18.5. The van der Waals surface area contributed by atoms with E-state index < -0.39 is 0 Å². The zero-order valence-corrected chi connectivity index (χ0v) is 17.7. The van der Waals surface area contributed by atoms with Gasteiger partial charge in [-0.05, 0) is 36.4 Å². The van der Waals surface area contributed by atoms with Crippen LogP contribution in [0.15, 0.2) is 109 Å². The molecule has 0 amide bonds. The Bertz CT molecular complexity index is 1660. The van der Waals surface area contributed by atoms with Gasteiger partial charge in [-0.3, -0.25) is 0 Å². The summed E-state index contributed by atoms with van der Waals surface area (Å²) in [4.78, 5) is 0. The number of fused-ring (bicyclic) bond motifs is 2. The van der Waals surface area contributed by atoms with Crippen LogP contribution in [0.5, 0.6) is 0 Å². The molecule has 2 nitrogen and oxygen atoms in total. The first-order valence-corrected chi connectivity index (χ1v) is 10.8. The number of hydrogen-bond acceptors (Lipinski definition) is 0. The van der Waals surface area contributed by atoms with E-state index in [2.05, 4.69) is 119 Å². The molecule has 0 aliphatic carbocycles. The van der Waals surface area contributed by atoms with Crippen molar-refractivity contribution in [3.63, 3.8) is 0 Å². The molecule has 0 aliphatic rings. The lowest BCUT2D eigenvalue weighted by molar-refractivity contribution is 0.989. The summed E-state index contributed by atoms with van der Waals surface area (Å²) < 4.78 is 4.64. The predicted octanol–water partition coefficient (Wildman–Crippen LogP) is 5.68. The van der Waals surface area contributed by atoms with Gasteiger partial charge in [0.15, 0.2) is 0 Å². The summed E-state index contributed by atoms with van der Waals surface area (Å²) >= 11 is 0. The molecule has 152 valence electrons. The van der Waals surface area contributed by atoms with E-state index in [1.807, 2.05) is 12.1 Å². The summed E-state index contributed by atoms with van der Waals surface area (Å²) in [6.45, 7) is 9.11. The van der Waals surface area contributed by atoms with Crippen molar-refractivity contribution in [2.24, 2.45) is 0 Å². The largest absolute Gasteiger partial charge is 0.307 e. The Labute approximate surface area is 185 Å². The normalized spacial score (nSPS) is 12.5. The number of hydrogen-bond donors (Lipinski definition) is 0. The highest BCUT2D eigenvalue weighted by Gasteiger charge is 2.14. The smallest absolute Gasteiger partial charge is 0.0782 e. The van der Waals surface area contributed by atoms with E-state index in [-0.39, 0.29) is 0 Å². The summed E-state index contributed by atoms with van der Waals surface area (Å²) in [5, 5.41) is 6.46. The Balaban J connectivity index is 2.00. The minimum atomic E-state index is 1.01. The molecule has 6 aromatic rings. The molecule has 0 unspecified atom stereocenters. The number of aromatic nitrogens is 2. The zero-order valence-electron chi connectivity index (χ0n) is 17.7. The van der Waals surface area contributed by atoms with Gasteiger partial charge in [0, 0.05) is 32.6 Å². The summed E-state index contributed by atoms with van der Waals surface area (Å²) in [6, 6.07) is 38.0. The van der Waals surface area contributed by atoms with Crippen molar-refractivity contribution in [2.75, 3.05) is 0 Å². The van der Waals surface area contributed by atoms with Crippen LogP contribution in [0.1, 0.15) is 0 Å². The molecule has 2 aromatic heterocycles. The standard InChI is InChI=1S/C30H22N2/c1-21-25-17-9-11-19-27(25)31(23-13-5-3-6-14-23)29(21)30-22(2)26-18-10-12-20-28(26)32(30)24-15-7-4-8-16-24/h3-20H,1-2H2/b30-29-. The molecule has 0 fully saturated rings. The monoisotopic (exact) mass is 410 g/mol. The second-order valence-corrected chi connectivity index (χ2v) is 8.03. The van der Waals surface area contributed by atoms with Gasteiger partial charge in [0.1, 0.15) is 0 Å². The fourth-order valence-electron chi connectivity index (χ4n) is 4.80. The summed E-state index contributed by atoms with van der Waals surface area (Å²) in [5.41, 5.74) is 4.50. The van der Waals surface area contributed by atoms with E-state index in [1.54, 1.807) is 0 Å². The molecule has 0 aliphatic heterocycles. The number of nitrogens with zero attached hydrogens (tertiary/aromatic N) is 2. The molecular weight excluding hydrogens is 388 g/mol. The van der Waals surface area contributed by atoms with Gasteiger partial charge in [-0.25, -0.2) is 0 Å². The maximum absolute atomic E-state index is 4.56. The maximum Gasteiger partial charge on any atom is 0.0782 e. The number of rotatable bonds is 2. The molecule has 0 bridgehead atoms. The summed E-state index contributed by atoms with van der Waals surface area (Å²) in [6.07, 6.45) is 0. The van der Waals surface area contributed by atoms with Crippen LogP contribution in [0.3, 0.4) is 0 Å². The van der Waals surface area contributed by atoms with E-state index in [0.29, 0.717) is 0 Å². The van der Waals surface area contributed by atoms with Gasteiger partial charge in [-0.2, -0.15) is 0 Å². The highest BCUT2D eigenvalue weighted by molar-refractivity contribution is 5.85. The molecule has 32 heavy (non-hydrogen) atoms. The molecule has 0 saturated heterocycles. The molecule has 2 heterocycles. The topological polar surface area (TPSA) is 9.86 Å². The third kappa shape index (κ3) is 2.60. The number of para-hydroxylation sites is 4. The van der Waals surface area contributed by atoms with Crippen LogP contribution in [0, 0.1) is 10.7 Å². The molecule has 4 aromatic carbocycles. The highest BCUT2D eigenvalue weighted by atomic mass is 15.0. The molecular formula is C30H22N2. The third-order valence-corrected chi connectivity index (χ3v) is 6.21. The maximum atomic E-state index is 4.56. The molecule has 0 atom stereocenters. The molecule has 0 radical (unpaired) electrons. The lowest BCUT2D eigenvalue weighted by atomic mass is 10.2. The lowest BCUT2D eigenvalue weighted by Crippen LogP contribution is -2.11. The summed E-state index contributed by atoms with van der Waals surface area (Å²) in [7, 11) is 0. The second kappa shape index (κ2) is 7.14. The van der Waals surface area contributed by atoms with Crippen LogP contribution >= 0.6 is 0 Å². The van der Waals surface area contributed by atoms with Crippen LogP contribution in [0.2, 0.25) is 0 Å². The zero-order chi connectivity index (χ0) is 21.7. The third-order valence-electron chi connectivity index (χ3n) is 6.21. The second-order valence-electron chi connectivity index (χ2n) is 8.03. The van der Waals surface area contributed by atoms with Crippen LogP contribution in [-0.2, 0) is 0 Å². The van der Waals surface area contributed by atoms with E-state index in [4.69, 9.17) is 0 Å². The van der Waals surface area contributed by atoms with Crippen molar-refractivity contribution in [1.29, 1.82) is 0 Å². The van der Waals surface area contributed by atoms with Crippen molar-refractivity contribution < 1.29 is 0 Å². The van der Waals surface area contributed by atoms with Crippen molar-refractivity contribution in [1.82, 2.24) is 9.13 Å².